The number of rotatable bonds is 3. The zero-order valence-corrected chi connectivity index (χ0v) is 16.1. The molecule has 0 radical (unpaired) electrons. The Morgan fingerprint density at radius 1 is 1.26 bits per heavy atom. The minimum atomic E-state index is -0.647. The topological polar surface area (TPSA) is 93.9 Å². The number of para-hydroxylation sites is 1. The maximum absolute atomic E-state index is 12.9. The number of esters is 1. The number of hydrogen-bond acceptors (Lipinski definition) is 7. The van der Waals surface area contributed by atoms with E-state index in [2.05, 4.69) is 10.3 Å². The molecule has 2 aromatic rings. The number of nitrogens with zero attached hydrogens (tertiary/aromatic N) is 2. The van der Waals surface area contributed by atoms with Crippen LogP contribution in [0.5, 0.6) is 0 Å². The number of hydrogen-bond donors (Lipinski definition) is 1. The third kappa shape index (κ3) is 4.21. The summed E-state index contributed by atoms with van der Waals surface area (Å²) in [6.07, 6.45) is 0.990. The van der Waals surface area contributed by atoms with E-state index in [1.165, 1.54) is 12.0 Å². The molecule has 0 unspecified atom stereocenters. The van der Waals surface area contributed by atoms with Crippen molar-refractivity contribution in [2.45, 2.75) is 45.3 Å². The van der Waals surface area contributed by atoms with E-state index < -0.39 is 17.7 Å². The van der Waals surface area contributed by atoms with Crippen LogP contribution < -0.4 is 10.2 Å². The Balaban J connectivity index is 2.03. The van der Waals surface area contributed by atoms with Gasteiger partial charge in [0.25, 0.3) is 0 Å². The molecule has 1 aliphatic heterocycles. The maximum atomic E-state index is 12.9. The molecule has 1 aliphatic rings. The number of ether oxygens (including phenoxy) is 2. The average Bonchev–Trinajstić information content (AvgIpc) is 3.04. The highest BCUT2D eigenvalue weighted by atomic mass is 16.6. The number of carbonyl (C=O) groups excluding carboxylic acids is 2. The quantitative estimate of drug-likeness (QED) is 0.824. The zero-order valence-electron chi connectivity index (χ0n) is 16.1. The first-order valence-corrected chi connectivity index (χ1v) is 9.01. The van der Waals surface area contributed by atoms with Crippen molar-refractivity contribution < 1.29 is 23.5 Å². The lowest BCUT2D eigenvalue weighted by atomic mass is 10.1. The van der Waals surface area contributed by atoms with Gasteiger partial charge in [-0.1, -0.05) is 6.07 Å². The summed E-state index contributed by atoms with van der Waals surface area (Å²) in [5.74, 6) is -0.519. The van der Waals surface area contributed by atoms with E-state index in [1.54, 1.807) is 18.2 Å². The number of aromatic nitrogens is 1. The first kappa shape index (κ1) is 19.2. The van der Waals surface area contributed by atoms with Gasteiger partial charge in [0, 0.05) is 6.04 Å². The number of carbonyl (C=O) groups is 2. The van der Waals surface area contributed by atoms with E-state index in [1.807, 2.05) is 20.8 Å². The SMILES string of the molecule is COC(=O)c1cccc2nc(N(C(=O)OC(C)(C)C)C3CCNCC3)oc12. The van der Waals surface area contributed by atoms with Crippen molar-refractivity contribution >= 4 is 29.2 Å². The largest absolute Gasteiger partial charge is 0.465 e. The fraction of sp³-hybridized carbons (Fsp3) is 0.526. The van der Waals surface area contributed by atoms with Crippen molar-refractivity contribution in [2.75, 3.05) is 25.1 Å². The second-order valence-corrected chi connectivity index (χ2v) is 7.47. The van der Waals surface area contributed by atoms with Gasteiger partial charge in [-0.25, -0.2) is 14.5 Å². The van der Waals surface area contributed by atoms with Gasteiger partial charge in [-0.2, -0.15) is 4.98 Å². The summed E-state index contributed by atoms with van der Waals surface area (Å²) in [5, 5.41) is 3.28. The van der Waals surface area contributed by atoms with Crippen molar-refractivity contribution in [1.29, 1.82) is 0 Å². The van der Waals surface area contributed by atoms with Gasteiger partial charge >= 0.3 is 18.1 Å². The van der Waals surface area contributed by atoms with Gasteiger partial charge in [0.05, 0.1) is 7.11 Å². The molecule has 0 saturated carbocycles. The van der Waals surface area contributed by atoms with E-state index in [0.29, 0.717) is 11.1 Å². The number of piperidine rings is 1. The van der Waals surface area contributed by atoms with Crippen molar-refractivity contribution in [1.82, 2.24) is 10.3 Å². The molecule has 27 heavy (non-hydrogen) atoms. The molecule has 0 spiro atoms. The van der Waals surface area contributed by atoms with E-state index >= 15 is 0 Å². The molecule has 146 valence electrons. The number of methoxy groups -OCH3 is 1. The molecule has 1 N–H and O–H groups in total. The van der Waals surface area contributed by atoms with Crippen LogP contribution in [0.1, 0.15) is 44.0 Å². The number of amides is 1. The highest BCUT2D eigenvalue weighted by Gasteiger charge is 2.34. The molecule has 8 heteroatoms. The predicted molar refractivity (Wildman–Crippen MR) is 100.0 cm³/mol. The summed E-state index contributed by atoms with van der Waals surface area (Å²) in [7, 11) is 1.31. The fourth-order valence-electron chi connectivity index (χ4n) is 3.07. The van der Waals surface area contributed by atoms with Gasteiger partial charge in [-0.3, -0.25) is 0 Å². The Labute approximate surface area is 157 Å². The summed E-state index contributed by atoms with van der Waals surface area (Å²) < 4.78 is 16.2. The second-order valence-electron chi connectivity index (χ2n) is 7.47. The number of oxazole rings is 1. The monoisotopic (exact) mass is 375 g/mol. The molecular formula is C19H25N3O5. The standard InChI is InChI=1S/C19H25N3O5/c1-19(2,3)27-18(24)22(12-8-10-20-11-9-12)17-21-14-7-5-6-13(15(14)26-17)16(23)25-4/h5-7,12,20H,8-11H2,1-4H3. The van der Waals surface area contributed by atoms with Crippen LogP contribution in [0.15, 0.2) is 22.6 Å². The fourth-order valence-corrected chi connectivity index (χ4v) is 3.07. The lowest BCUT2D eigenvalue weighted by Crippen LogP contribution is -2.48. The van der Waals surface area contributed by atoms with Crippen LogP contribution in [0.3, 0.4) is 0 Å². The smallest absolute Gasteiger partial charge is 0.418 e. The van der Waals surface area contributed by atoms with E-state index in [0.717, 1.165) is 25.9 Å². The van der Waals surface area contributed by atoms with E-state index in [4.69, 9.17) is 13.9 Å². The van der Waals surface area contributed by atoms with Crippen molar-refractivity contribution in [3.05, 3.63) is 23.8 Å². The molecule has 0 aliphatic carbocycles. The van der Waals surface area contributed by atoms with Gasteiger partial charge in [-0.15, -0.1) is 0 Å². The molecule has 2 heterocycles. The third-order valence-corrected chi connectivity index (χ3v) is 4.28. The van der Waals surface area contributed by atoms with E-state index in [9.17, 15) is 9.59 Å². The number of benzene rings is 1. The predicted octanol–water partition coefficient (Wildman–Crippen LogP) is 3.11. The third-order valence-electron chi connectivity index (χ3n) is 4.28. The van der Waals surface area contributed by atoms with Gasteiger partial charge < -0.3 is 19.2 Å². The Hall–Kier alpha value is -2.61. The van der Waals surface area contributed by atoms with Crippen molar-refractivity contribution in [3.8, 4) is 0 Å². The maximum Gasteiger partial charge on any atom is 0.418 e. The molecule has 3 rings (SSSR count). The molecule has 0 atom stereocenters. The minimum absolute atomic E-state index is 0.101. The van der Waals surface area contributed by atoms with Gasteiger partial charge in [0.15, 0.2) is 5.58 Å². The van der Waals surface area contributed by atoms with Crippen LogP contribution in [0.2, 0.25) is 0 Å². The average molecular weight is 375 g/mol. The van der Waals surface area contributed by atoms with Crippen LogP contribution in [0.25, 0.3) is 11.1 Å². The van der Waals surface area contributed by atoms with Crippen LogP contribution in [-0.4, -0.2) is 48.9 Å². The Morgan fingerprint density at radius 2 is 1.96 bits per heavy atom. The molecule has 0 bridgehead atoms. The normalized spacial score (nSPS) is 15.6. The number of fused-ring (bicyclic) bond motifs is 1. The highest BCUT2D eigenvalue weighted by Crippen LogP contribution is 2.29. The molecule has 1 aromatic heterocycles. The lowest BCUT2D eigenvalue weighted by Gasteiger charge is -2.33. The van der Waals surface area contributed by atoms with Crippen LogP contribution in [0, 0.1) is 0 Å². The van der Waals surface area contributed by atoms with E-state index in [-0.39, 0.29) is 17.6 Å². The highest BCUT2D eigenvalue weighted by molar-refractivity contribution is 6.01. The van der Waals surface area contributed by atoms with Gasteiger partial charge in [-0.05, 0) is 58.8 Å². The summed E-state index contributed by atoms with van der Waals surface area (Å²) in [5.41, 5.74) is 0.395. The molecule has 1 amide bonds. The number of nitrogens with one attached hydrogen (secondary N) is 1. The van der Waals surface area contributed by atoms with Gasteiger partial charge in [0.1, 0.15) is 16.7 Å². The van der Waals surface area contributed by atoms with Crippen LogP contribution in [0.4, 0.5) is 10.8 Å². The molecule has 1 aromatic carbocycles. The minimum Gasteiger partial charge on any atom is -0.465 e. The summed E-state index contributed by atoms with van der Waals surface area (Å²) >= 11 is 0. The number of anilines is 1. The lowest BCUT2D eigenvalue weighted by molar-refractivity contribution is 0.0550. The molecule has 1 fully saturated rings. The first-order valence-electron chi connectivity index (χ1n) is 9.01. The summed E-state index contributed by atoms with van der Waals surface area (Å²) in [6.45, 7) is 7.02. The zero-order chi connectivity index (χ0) is 19.6. The Bertz CT molecular complexity index is 833. The Morgan fingerprint density at radius 3 is 2.59 bits per heavy atom. The summed E-state index contributed by atoms with van der Waals surface area (Å²) in [4.78, 5) is 30.8. The molecule has 8 nitrogen and oxygen atoms in total. The first-order chi connectivity index (χ1) is 12.8. The van der Waals surface area contributed by atoms with Crippen LogP contribution >= 0.6 is 0 Å². The van der Waals surface area contributed by atoms with Crippen molar-refractivity contribution in [2.24, 2.45) is 0 Å². The summed E-state index contributed by atoms with van der Waals surface area (Å²) in [6, 6.07) is 5.05. The Kier molecular flexibility index (Phi) is 5.36. The van der Waals surface area contributed by atoms with Crippen LogP contribution in [-0.2, 0) is 9.47 Å². The van der Waals surface area contributed by atoms with Gasteiger partial charge in [0.2, 0.25) is 0 Å². The molecular weight excluding hydrogens is 350 g/mol. The van der Waals surface area contributed by atoms with Crippen molar-refractivity contribution in [3.63, 3.8) is 0 Å². The molecule has 1 saturated heterocycles. The second kappa shape index (κ2) is 7.56.